The van der Waals surface area contributed by atoms with Gasteiger partial charge in [-0.2, -0.15) is 0 Å². The van der Waals surface area contributed by atoms with Crippen LogP contribution in [0.15, 0.2) is 15.9 Å². The van der Waals surface area contributed by atoms with Crippen molar-refractivity contribution in [2.24, 2.45) is 0 Å². The first-order valence-corrected chi connectivity index (χ1v) is 4.81. The molecule has 0 bridgehead atoms. The van der Waals surface area contributed by atoms with Crippen LogP contribution in [0.25, 0.3) is 11.2 Å². The number of hydrogen-bond acceptors (Lipinski definition) is 4. The summed E-state index contributed by atoms with van der Waals surface area (Å²) in [5, 5.41) is 0. The number of aromatic nitrogens is 4. The van der Waals surface area contributed by atoms with Crippen molar-refractivity contribution in [1.82, 2.24) is 19.5 Å². The number of nitrogens with zero attached hydrogens (tertiary/aromatic N) is 2. The average molecular weight is 222 g/mol. The fourth-order valence-corrected chi connectivity index (χ4v) is 1.38. The van der Waals surface area contributed by atoms with Gasteiger partial charge in [-0.1, -0.05) is 6.92 Å². The van der Waals surface area contributed by atoms with Crippen molar-refractivity contribution >= 4 is 16.9 Å². The maximum atomic E-state index is 11.8. The number of rotatable bonds is 3. The molecule has 0 saturated carbocycles. The molecule has 0 atom stereocenters. The van der Waals surface area contributed by atoms with Crippen molar-refractivity contribution in [2.75, 3.05) is 0 Å². The van der Waals surface area contributed by atoms with Gasteiger partial charge in [0, 0.05) is 6.42 Å². The molecule has 0 saturated heterocycles. The SMILES string of the molecule is CCC(=O)Cn1c(=O)[nH]c2nc[nH]c2c1=O. The summed E-state index contributed by atoms with van der Waals surface area (Å²) in [5.74, 6) is -0.175. The first-order chi connectivity index (χ1) is 7.63. The molecular formula is C9H10N4O3. The van der Waals surface area contributed by atoms with E-state index in [0.29, 0.717) is 0 Å². The molecule has 2 aromatic heterocycles. The lowest BCUT2D eigenvalue weighted by atomic mass is 10.3. The number of imidazole rings is 1. The van der Waals surface area contributed by atoms with Crippen LogP contribution in [0.4, 0.5) is 0 Å². The summed E-state index contributed by atoms with van der Waals surface area (Å²) in [5.41, 5.74) is -0.747. The molecule has 0 spiro atoms. The molecule has 2 aromatic rings. The summed E-state index contributed by atoms with van der Waals surface area (Å²) in [4.78, 5) is 43.3. The third kappa shape index (κ3) is 1.56. The first-order valence-electron chi connectivity index (χ1n) is 4.81. The van der Waals surface area contributed by atoms with Gasteiger partial charge in [0.15, 0.2) is 11.4 Å². The third-order valence-electron chi connectivity index (χ3n) is 2.30. The van der Waals surface area contributed by atoms with Gasteiger partial charge in [0.05, 0.1) is 12.9 Å². The molecule has 2 N–H and O–H groups in total. The Hall–Kier alpha value is -2.18. The van der Waals surface area contributed by atoms with Crippen LogP contribution in [0.3, 0.4) is 0 Å². The van der Waals surface area contributed by atoms with Crippen LogP contribution in [0.5, 0.6) is 0 Å². The molecule has 0 aliphatic rings. The van der Waals surface area contributed by atoms with E-state index >= 15 is 0 Å². The van der Waals surface area contributed by atoms with Crippen LogP contribution < -0.4 is 11.2 Å². The maximum absolute atomic E-state index is 11.8. The monoisotopic (exact) mass is 222 g/mol. The van der Waals surface area contributed by atoms with Gasteiger partial charge in [-0.25, -0.2) is 9.78 Å². The Kier molecular flexibility index (Phi) is 2.43. The van der Waals surface area contributed by atoms with Crippen molar-refractivity contribution in [3.8, 4) is 0 Å². The number of Topliss-reactive ketones (excluding diaryl/α,β-unsaturated/α-hetero) is 1. The quantitative estimate of drug-likeness (QED) is 0.723. The van der Waals surface area contributed by atoms with Gasteiger partial charge in [-0.3, -0.25) is 19.1 Å². The Labute approximate surface area is 89.1 Å². The standard InChI is InChI=1S/C9H10N4O3/c1-2-5(14)3-13-8(15)6-7(11-4-10-6)12-9(13)16/h4H,2-3H2,1H3,(H,10,11)(H,12,16). The fraction of sp³-hybridized carbons (Fsp3) is 0.333. The summed E-state index contributed by atoms with van der Waals surface area (Å²) < 4.78 is 0.867. The van der Waals surface area contributed by atoms with Crippen molar-refractivity contribution in [1.29, 1.82) is 0 Å². The summed E-state index contributed by atoms with van der Waals surface area (Å²) in [6, 6.07) is 0. The average Bonchev–Trinajstić information content (AvgIpc) is 2.71. The van der Waals surface area contributed by atoms with Crippen molar-refractivity contribution < 1.29 is 4.79 Å². The van der Waals surface area contributed by atoms with Gasteiger partial charge in [0.2, 0.25) is 0 Å². The highest BCUT2D eigenvalue weighted by Gasteiger charge is 2.11. The molecule has 84 valence electrons. The smallest absolute Gasteiger partial charge is 0.330 e. The lowest BCUT2D eigenvalue weighted by Crippen LogP contribution is -2.37. The molecule has 0 aliphatic carbocycles. The van der Waals surface area contributed by atoms with Gasteiger partial charge in [-0.15, -0.1) is 0 Å². The molecule has 0 amide bonds. The second-order valence-corrected chi connectivity index (χ2v) is 3.34. The molecule has 0 radical (unpaired) electrons. The molecule has 7 nitrogen and oxygen atoms in total. The number of aromatic amines is 2. The number of nitrogens with one attached hydrogen (secondary N) is 2. The van der Waals surface area contributed by atoms with E-state index in [-0.39, 0.29) is 29.9 Å². The van der Waals surface area contributed by atoms with E-state index < -0.39 is 11.2 Å². The fourth-order valence-electron chi connectivity index (χ4n) is 1.38. The number of H-pyrrole nitrogens is 2. The zero-order valence-electron chi connectivity index (χ0n) is 8.61. The predicted octanol–water partition coefficient (Wildman–Crippen LogP) is -0.608. The Balaban J connectivity index is 2.65. The lowest BCUT2D eigenvalue weighted by molar-refractivity contribution is -0.119. The van der Waals surface area contributed by atoms with Gasteiger partial charge in [0.1, 0.15) is 5.52 Å². The molecule has 2 heterocycles. The number of carbonyl (C=O) groups excluding carboxylic acids is 1. The highest BCUT2D eigenvalue weighted by atomic mass is 16.2. The van der Waals surface area contributed by atoms with E-state index in [9.17, 15) is 14.4 Å². The summed E-state index contributed by atoms with van der Waals surface area (Å²) >= 11 is 0. The van der Waals surface area contributed by atoms with Crippen LogP contribution in [-0.2, 0) is 11.3 Å². The lowest BCUT2D eigenvalue weighted by Gasteiger charge is -2.01. The van der Waals surface area contributed by atoms with Gasteiger partial charge < -0.3 is 4.98 Å². The van der Waals surface area contributed by atoms with Gasteiger partial charge in [-0.05, 0) is 0 Å². The van der Waals surface area contributed by atoms with Crippen molar-refractivity contribution in [3.63, 3.8) is 0 Å². The molecule has 0 unspecified atom stereocenters. The number of hydrogen-bond donors (Lipinski definition) is 2. The minimum absolute atomic E-state index is 0.175. The molecule has 0 fully saturated rings. The minimum atomic E-state index is -0.619. The Bertz CT molecular complexity index is 649. The molecule has 7 heteroatoms. The topological polar surface area (TPSA) is 101 Å². The highest BCUT2D eigenvalue weighted by Crippen LogP contribution is 1.95. The summed E-state index contributed by atoms with van der Waals surface area (Å²) in [6.07, 6.45) is 1.60. The summed E-state index contributed by atoms with van der Waals surface area (Å²) in [6.45, 7) is 1.47. The van der Waals surface area contributed by atoms with E-state index in [1.54, 1.807) is 6.92 Å². The molecule has 0 aliphatic heterocycles. The van der Waals surface area contributed by atoms with E-state index in [2.05, 4.69) is 15.0 Å². The Morgan fingerprint density at radius 3 is 2.94 bits per heavy atom. The molecule has 0 aromatic carbocycles. The number of fused-ring (bicyclic) bond motifs is 1. The second kappa shape index (κ2) is 3.76. The normalized spacial score (nSPS) is 10.8. The maximum Gasteiger partial charge on any atom is 0.330 e. The minimum Gasteiger partial charge on any atom is -0.339 e. The Morgan fingerprint density at radius 1 is 1.50 bits per heavy atom. The van der Waals surface area contributed by atoms with E-state index in [1.807, 2.05) is 0 Å². The van der Waals surface area contributed by atoms with Crippen LogP contribution in [0, 0.1) is 0 Å². The second-order valence-electron chi connectivity index (χ2n) is 3.34. The van der Waals surface area contributed by atoms with E-state index in [1.165, 1.54) is 6.33 Å². The zero-order valence-corrected chi connectivity index (χ0v) is 8.61. The molecule has 2 rings (SSSR count). The highest BCUT2D eigenvalue weighted by molar-refractivity contribution is 5.78. The number of ketones is 1. The summed E-state index contributed by atoms with van der Waals surface area (Å²) in [7, 11) is 0. The first kappa shape index (κ1) is 10.3. The van der Waals surface area contributed by atoms with Crippen LogP contribution in [0.2, 0.25) is 0 Å². The van der Waals surface area contributed by atoms with E-state index in [0.717, 1.165) is 4.57 Å². The zero-order chi connectivity index (χ0) is 11.7. The Morgan fingerprint density at radius 2 is 2.25 bits per heavy atom. The van der Waals surface area contributed by atoms with Crippen LogP contribution in [-0.4, -0.2) is 25.3 Å². The number of carbonyl (C=O) groups is 1. The van der Waals surface area contributed by atoms with Crippen LogP contribution in [0.1, 0.15) is 13.3 Å². The van der Waals surface area contributed by atoms with Crippen molar-refractivity contribution in [2.45, 2.75) is 19.9 Å². The van der Waals surface area contributed by atoms with Crippen molar-refractivity contribution in [3.05, 3.63) is 27.2 Å². The van der Waals surface area contributed by atoms with Crippen LogP contribution >= 0.6 is 0 Å². The molecule has 16 heavy (non-hydrogen) atoms. The molecular weight excluding hydrogens is 212 g/mol. The third-order valence-corrected chi connectivity index (χ3v) is 2.30. The van der Waals surface area contributed by atoms with Gasteiger partial charge >= 0.3 is 5.69 Å². The predicted molar refractivity (Wildman–Crippen MR) is 56.3 cm³/mol. The van der Waals surface area contributed by atoms with E-state index in [4.69, 9.17) is 0 Å². The van der Waals surface area contributed by atoms with Gasteiger partial charge in [0.25, 0.3) is 5.56 Å². The largest absolute Gasteiger partial charge is 0.339 e.